The Morgan fingerprint density at radius 3 is 2.00 bits per heavy atom. The molecule has 0 aliphatic rings. The van der Waals surface area contributed by atoms with E-state index in [1.54, 1.807) is 6.92 Å². The zero-order chi connectivity index (χ0) is 11.4. The molecular formula is C13H26O. The fraction of sp³-hybridized carbons (Fsp3) is 0.923. The first-order chi connectivity index (χ1) is 6.20. The Bertz CT molecular complexity index is 174. The molecule has 0 radical (unpaired) electrons. The Morgan fingerprint density at radius 2 is 1.71 bits per heavy atom. The van der Waals surface area contributed by atoms with Crippen LogP contribution in [0.2, 0.25) is 0 Å². The average Bonchev–Trinajstić information content (AvgIpc) is 1.77. The highest BCUT2D eigenvalue weighted by atomic mass is 16.1. The van der Waals surface area contributed by atoms with Crippen LogP contribution in [-0.4, -0.2) is 5.78 Å². The van der Waals surface area contributed by atoms with Gasteiger partial charge < -0.3 is 4.79 Å². The monoisotopic (exact) mass is 198 g/mol. The summed E-state index contributed by atoms with van der Waals surface area (Å²) in [5, 5.41) is 0. The van der Waals surface area contributed by atoms with Crippen LogP contribution in [-0.2, 0) is 4.79 Å². The van der Waals surface area contributed by atoms with Gasteiger partial charge in [0, 0.05) is 6.42 Å². The van der Waals surface area contributed by atoms with Crippen LogP contribution in [0.15, 0.2) is 0 Å². The standard InChI is InChI=1S/C13H26O/c1-10(2)7-12(8-11(3)14)9-13(4,5)6/h10,12H,7-9H2,1-6H3. The van der Waals surface area contributed by atoms with E-state index in [0.717, 1.165) is 12.8 Å². The number of hydrogen-bond donors (Lipinski definition) is 0. The average molecular weight is 198 g/mol. The van der Waals surface area contributed by atoms with Gasteiger partial charge >= 0.3 is 0 Å². The van der Waals surface area contributed by atoms with Crippen LogP contribution in [0.3, 0.4) is 0 Å². The highest BCUT2D eigenvalue weighted by molar-refractivity contribution is 5.75. The molecule has 0 aromatic heterocycles. The Balaban J connectivity index is 4.17. The minimum atomic E-state index is 0.333. The summed E-state index contributed by atoms with van der Waals surface area (Å²) in [6, 6.07) is 0. The van der Waals surface area contributed by atoms with Gasteiger partial charge in [0.05, 0.1) is 0 Å². The van der Waals surface area contributed by atoms with Gasteiger partial charge in [-0.3, -0.25) is 0 Å². The van der Waals surface area contributed by atoms with Gasteiger partial charge in [-0.1, -0.05) is 34.6 Å². The third-order valence-corrected chi connectivity index (χ3v) is 2.28. The van der Waals surface area contributed by atoms with E-state index < -0.39 is 0 Å². The lowest BCUT2D eigenvalue weighted by Crippen LogP contribution is -2.17. The molecule has 0 rings (SSSR count). The summed E-state index contributed by atoms with van der Waals surface area (Å²) >= 11 is 0. The van der Waals surface area contributed by atoms with Crippen molar-refractivity contribution < 1.29 is 4.79 Å². The van der Waals surface area contributed by atoms with E-state index in [0.29, 0.717) is 23.0 Å². The van der Waals surface area contributed by atoms with Gasteiger partial charge in [-0.25, -0.2) is 0 Å². The predicted octanol–water partition coefficient (Wildman–Crippen LogP) is 4.06. The van der Waals surface area contributed by atoms with Crippen LogP contribution in [0.4, 0.5) is 0 Å². The minimum Gasteiger partial charge on any atom is -0.300 e. The van der Waals surface area contributed by atoms with Crippen molar-refractivity contribution in [1.29, 1.82) is 0 Å². The molecule has 0 saturated heterocycles. The summed E-state index contributed by atoms with van der Waals surface area (Å²) in [7, 11) is 0. The Labute approximate surface area is 89.3 Å². The number of Topliss-reactive ketones (excluding diaryl/α,β-unsaturated/α-hetero) is 1. The molecule has 1 atom stereocenters. The first-order valence-corrected chi connectivity index (χ1v) is 5.70. The smallest absolute Gasteiger partial charge is 0.130 e. The largest absolute Gasteiger partial charge is 0.300 e. The summed E-state index contributed by atoms with van der Waals surface area (Å²) < 4.78 is 0. The molecule has 0 amide bonds. The number of carbonyl (C=O) groups excluding carboxylic acids is 1. The highest BCUT2D eigenvalue weighted by Gasteiger charge is 2.20. The summed E-state index contributed by atoms with van der Waals surface area (Å²) in [5.41, 5.74) is 0.342. The summed E-state index contributed by atoms with van der Waals surface area (Å²) in [6.45, 7) is 12.9. The van der Waals surface area contributed by atoms with E-state index in [2.05, 4.69) is 34.6 Å². The Morgan fingerprint density at radius 1 is 1.21 bits per heavy atom. The SMILES string of the molecule is CC(=O)CC(CC(C)C)CC(C)(C)C. The molecule has 14 heavy (non-hydrogen) atoms. The van der Waals surface area contributed by atoms with Gasteiger partial charge in [0.2, 0.25) is 0 Å². The molecule has 0 aromatic carbocycles. The predicted molar refractivity (Wildman–Crippen MR) is 62.3 cm³/mol. The molecule has 1 nitrogen and oxygen atoms in total. The van der Waals surface area contributed by atoms with Crippen molar-refractivity contribution in [3.05, 3.63) is 0 Å². The van der Waals surface area contributed by atoms with Gasteiger partial charge in [0.1, 0.15) is 5.78 Å². The van der Waals surface area contributed by atoms with E-state index in [1.807, 2.05) is 0 Å². The highest BCUT2D eigenvalue weighted by Crippen LogP contribution is 2.30. The fourth-order valence-electron chi connectivity index (χ4n) is 2.18. The van der Waals surface area contributed by atoms with Crippen LogP contribution in [0.1, 0.15) is 60.8 Å². The van der Waals surface area contributed by atoms with Gasteiger partial charge in [0.25, 0.3) is 0 Å². The lowest BCUT2D eigenvalue weighted by Gasteiger charge is -2.26. The zero-order valence-corrected chi connectivity index (χ0v) is 10.7. The fourth-order valence-corrected chi connectivity index (χ4v) is 2.18. The van der Waals surface area contributed by atoms with Crippen molar-refractivity contribution >= 4 is 5.78 Å². The van der Waals surface area contributed by atoms with Crippen molar-refractivity contribution in [1.82, 2.24) is 0 Å². The van der Waals surface area contributed by atoms with Gasteiger partial charge in [-0.15, -0.1) is 0 Å². The first kappa shape index (κ1) is 13.7. The normalized spacial score (nSPS) is 14.5. The van der Waals surface area contributed by atoms with Crippen molar-refractivity contribution in [3.8, 4) is 0 Å². The van der Waals surface area contributed by atoms with Crippen LogP contribution in [0.5, 0.6) is 0 Å². The summed E-state index contributed by atoms with van der Waals surface area (Å²) in [4.78, 5) is 11.1. The number of ketones is 1. The maximum atomic E-state index is 11.1. The molecule has 0 aliphatic carbocycles. The van der Waals surface area contributed by atoms with E-state index in [4.69, 9.17) is 0 Å². The maximum Gasteiger partial charge on any atom is 0.130 e. The maximum absolute atomic E-state index is 11.1. The van der Waals surface area contributed by atoms with Crippen LogP contribution in [0, 0.1) is 17.3 Å². The molecule has 1 heteroatoms. The lowest BCUT2D eigenvalue weighted by atomic mass is 9.79. The Hall–Kier alpha value is -0.330. The van der Waals surface area contributed by atoms with Crippen molar-refractivity contribution in [2.24, 2.45) is 17.3 Å². The van der Waals surface area contributed by atoms with Crippen LogP contribution in [0.25, 0.3) is 0 Å². The molecule has 1 unspecified atom stereocenters. The van der Waals surface area contributed by atoms with E-state index >= 15 is 0 Å². The molecule has 0 saturated carbocycles. The molecule has 0 aliphatic heterocycles. The quantitative estimate of drug-likeness (QED) is 0.651. The number of carbonyl (C=O) groups is 1. The van der Waals surface area contributed by atoms with Crippen LogP contribution >= 0.6 is 0 Å². The number of rotatable bonds is 5. The second kappa shape index (κ2) is 5.53. The Kier molecular flexibility index (Phi) is 5.40. The van der Waals surface area contributed by atoms with Crippen LogP contribution < -0.4 is 0 Å². The second-order valence-corrected chi connectivity index (χ2v) is 6.17. The van der Waals surface area contributed by atoms with Crippen molar-refractivity contribution in [2.75, 3.05) is 0 Å². The number of hydrogen-bond acceptors (Lipinski definition) is 1. The topological polar surface area (TPSA) is 17.1 Å². The van der Waals surface area contributed by atoms with E-state index in [1.165, 1.54) is 6.42 Å². The minimum absolute atomic E-state index is 0.333. The molecule has 0 spiro atoms. The molecule has 0 N–H and O–H groups in total. The van der Waals surface area contributed by atoms with Crippen molar-refractivity contribution in [3.63, 3.8) is 0 Å². The third-order valence-electron chi connectivity index (χ3n) is 2.28. The van der Waals surface area contributed by atoms with Gasteiger partial charge in [-0.05, 0) is 37.0 Å². The molecule has 0 bridgehead atoms. The lowest BCUT2D eigenvalue weighted by molar-refractivity contribution is -0.118. The molecule has 0 heterocycles. The van der Waals surface area contributed by atoms with E-state index in [-0.39, 0.29) is 0 Å². The zero-order valence-electron chi connectivity index (χ0n) is 10.7. The molecule has 0 fully saturated rings. The summed E-state index contributed by atoms with van der Waals surface area (Å²) in [5.74, 6) is 1.61. The molecule has 84 valence electrons. The second-order valence-electron chi connectivity index (χ2n) is 6.17. The van der Waals surface area contributed by atoms with Gasteiger partial charge in [-0.2, -0.15) is 0 Å². The molecule has 0 aromatic rings. The third kappa shape index (κ3) is 8.28. The van der Waals surface area contributed by atoms with E-state index in [9.17, 15) is 4.79 Å². The molecular weight excluding hydrogens is 172 g/mol. The first-order valence-electron chi connectivity index (χ1n) is 5.70. The summed E-state index contributed by atoms with van der Waals surface area (Å²) in [6.07, 6.45) is 3.09. The van der Waals surface area contributed by atoms with Crippen molar-refractivity contribution in [2.45, 2.75) is 60.8 Å². The van der Waals surface area contributed by atoms with Gasteiger partial charge in [0.15, 0.2) is 0 Å².